The lowest BCUT2D eigenvalue weighted by atomic mass is 10.0. The van der Waals surface area contributed by atoms with Crippen molar-refractivity contribution in [2.75, 3.05) is 82.1 Å². The van der Waals surface area contributed by atoms with Gasteiger partial charge in [-0.3, -0.25) is 29.2 Å². The minimum atomic E-state index is -0.281. The van der Waals surface area contributed by atoms with Gasteiger partial charge in [0.2, 0.25) is 11.9 Å². The number of carbonyl (C=O) groups is 3. The molecule has 15 heteroatoms. The lowest BCUT2D eigenvalue weighted by Crippen LogP contribution is -2.53. The van der Waals surface area contributed by atoms with Crippen molar-refractivity contribution in [1.82, 2.24) is 39.1 Å². The standard InChI is InChI=1S/C47H57N11O4/c1-52(2)45(60)41-28-35-29-49-46(51-44(35)58(41)38-6-4-5-7-38)50-42-17-14-39(30-48-42)55-26-24-54(25-27-55)36-18-21-53(22-19-36)31-33-8-12-37(13-9-33)56-23-20-43(59)57(47(56)61)32-34-10-15-40(62-3)16-11-34/h8-17,28-30,36,38H,4-7,18-27,31-32H2,1-3H3,(H,48,49,50,51). The highest BCUT2D eigenvalue weighted by molar-refractivity contribution is 6.05. The monoisotopic (exact) mass is 839 g/mol. The normalized spacial score (nSPS) is 18.5. The minimum Gasteiger partial charge on any atom is -0.497 e. The van der Waals surface area contributed by atoms with E-state index in [1.807, 2.05) is 54.7 Å². The largest absolute Gasteiger partial charge is 0.497 e. The van der Waals surface area contributed by atoms with Gasteiger partial charge in [0.25, 0.3) is 5.91 Å². The van der Waals surface area contributed by atoms with Gasteiger partial charge in [-0.1, -0.05) is 37.1 Å². The van der Waals surface area contributed by atoms with Crippen molar-refractivity contribution in [2.45, 2.75) is 70.1 Å². The van der Waals surface area contributed by atoms with E-state index in [1.165, 1.54) is 10.5 Å². The van der Waals surface area contributed by atoms with Crippen LogP contribution in [0.15, 0.2) is 79.1 Å². The number of pyridine rings is 1. The molecule has 62 heavy (non-hydrogen) atoms. The zero-order valence-electron chi connectivity index (χ0n) is 36.1. The first-order valence-electron chi connectivity index (χ1n) is 22.1. The summed E-state index contributed by atoms with van der Waals surface area (Å²) >= 11 is 0. The van der Waals surface area contributed by atoms with E-state index in [9.17, 15) is 14.4 Å². The average molecular weight is 840 g/mol. The molecule has 0 unspecified atom stereocenters. The molecule has 0 atom stereocenters. The van der Waals surface area contributed by atoms with Gasteiger partial charge in [0.05, 0.1) is 25.5 Å². The first kappa shape index (κ1) is 41.3. The topological polar surface area (TPSA) is 136 Å². The van der Waals surface area contributed by atoms with E-state index in [0.29, 0.717) is 36.5 Å². The molecule has 4 amide bonds. The van der Waals surface area contributed by atoms with Crippen LogP contribution in [0.2, 0.25) is 0 Å². The molecule has 3 aromatic heterocycles. The predicted molar refractivity (Wildman–Crippen MR) is 240 cm³/mol. The van der Waals surface area contributed by atoms with E-state index in [0.717, 1.165) is 118 Å². The van der Waals surface area contributed by atoms with E-state index in [4.69, 9.17) is 14.7 Å². The maximum atomic E-state index is 13.5. The Kier molecular flexibility index (Phi) is 12.1. The number of rotatable bonds is 12. The summed E-state index contributed by atoms with van der Waals surface area (Å²) in [5, 5.41) is 4.17. The zero-order chi connectivity index (χ0) is 42.7. The van der Waals surface area contributed by atoms with Crippen LogP contribution in [0.4, 0.5) is 27.9 Å². The molecule has 0 spiro atoms. The number of likely N-dealkylation sites (tertiary alicyclic amines) is 1. The Morgan fingerprint density at radius 3 is 2.15 bits per heavy atom. The smallest absolute Gasteiger partial charge is 0.331 e. The molecule has 6 heterocycles. The summed E-state index contributed by atoms with van der Waals surface area (Å²) < 4.78 is 7.37. The fraction of sp³-hybridized carbons (Fsp3) is 0.447. The third kappa shape index (κ3) is 8.82. The molecule has 4 fully saturated rings. The van der Waals surface area contributed by atoms with Gasteiger partial charge < -0.3 is 24.4 Å². The number of nitrogens with one attached hydrogen (secondary N) is 1. The highest BCUT2D eigenvalue weighted by Gasteiger charge is 2.33. The summed E-state index contributed by atoms with van der Waals surface area (Å²) in [4.78, 5) is 65.8. The number of anilines is 4. The molecule has 2 aromatic carbocycles. The summed E-state index contributed by atoms with van der Waals surface area (Å²) in [5.74, 6) is 1.72. The van der Waals surface area contributed by atoms with E-state index >= 15 is 0 Å². The van der Waals surface area contributed by atoms with Gasteiger partial charge in [-0.05, 0) is 92.4 Å². The van der Waals surface area contributed by atoms with E-state index in [-0.39, 0.29) is 30.4 Å². The lowest BCUT2D eigenvalue weighted by Gasteiger charge is -2.43. The third-order valence-electron chi connectivity index (χ3n) is 13.1. The summed E-state index contributed by atoms with van der Waals surface area (Å²) in [7, 11) is 5.19. The number of ether oxygens (including phenoxy) is 1. The number of carbonyl (C=O) groups excluding carboxylic acids is 3. The van der Waals surface area contributed by atoms with Crippen molar-refractivity contribution in [2.24, 2.45) is 0 Å². The lowest BCUT2D eigenvalue weighted by molar-refractivity contribution is -0.129. The number of aromatic nitrogens is 4. The Morgan fingerprint density at radius 2 is 1.47 bits per heavy atom. The fourth-order valence-corrected chi connectivity index (χ4v) is 9.58. The molecule has 1 N–H and O–H groups in total. The summed E-state index contributed by atoms with van der Waals surface area (Å²) in [5.41, 5.74) is 5.48. The highest BCUT2D eigenvalue weighted by Crippen LogP contribution is 2.35. The fourth-order valence-electron chi connectivity index (χ4n) is 9.58. The maximum absolute atomic E-state index is 13.5. The van der Waals surface area contributed by atoms with Crippen LogP contribution in [0.1, 0.15) is 72.6 Å². The third-order valence-corrected chi connectivity index (χ3v) is 13.1. The molecule has 5 aromatic rings. The first-order chi connectivity index (χ1) is 30.2. The number of imide groups is 1. The number of urea groups is 1. The van der Waals surface area contributed by atoms with Gasteiger partial charge in [0, 0.05) is 89.1 Å². The Hall–Kier alpha value is -6.06. The molecular weight excluding hydrogens is 783 g/mol. The second-order valence-electron chi connectivity index (χ2n) is 17.2. The number of hydrogen-bond donors (Lipinski definition) is 1. The number of amides is 4. The maximum Gasteiger partial charge on any atom is 0.331 e. The number of methoxy groups -OCH3 is 1. The zero-order valence-corrected chi connectivity index (χ0v) is 36.1. The molecule has 1 saturated carbocycles. The second-order valence-corrected chi connectivity index (χ2v) is 17.2. The van der Waals surface area contributed by atoms with Gasteiger partial charge in [-0.2, -0.15) is 4.98 Å². The van der Waals surface area contributed by atoms with Crippen LogP contribution in [0.3, 0.4) is 0 Å². The number of hydrogen-bond acceptors (Lipinski definition) is 11. The van der Waals surface area contributed by atoms with Gasteiger partial charge in [-0.25, -0.2) is 14.8 Å². The van der Waals surface area contributed by atoms with Crippen LogP contribution in [-0.2, 0) is 17.9 Å². The van der Waals surface area contributed by atoms with Crippen LogP contribution in [0, 0.1) is 0 Å². The minimum absolute atomic E-state index is 0.0198. The molecule has 0 bridgehead atoms. The number of nitrogens with zero attached hydrogens (tertiary/aromatic N) is 10. The van der Waals surface area contributed by atoms with Crippen LogP contribution in [-0.4, -0.2) is 130 Å². The summed E-state index contributed by atoms with van der Waals surface area (Å²) in [6, 6.07) is 22.3. The molecule has 3 aliphatic heterocycles. The average Bonchev–Trinajstić information content (AvgIpc) is 3.97. The number of piperidine rings is 1. The molecule has 3 saturated heterocycles. The van der Waals surface area contributed by atoms with E-state index in [2.05, 4.69) is 47.8 Å². The van der Waals surface area contributed by atoms with Gasteiger partial charge >= 0.3 is 6.03 Å². The van der Waals surface area contributed by atoms with Crippen LogP contribution >= 0.6 is 0 Å². The molecule has 324 valence electrons. The molecule has 15 nitrogen and oxygen atoms in total. The van der Waals surface area contributed by atoms with E-state index in [1.54, 1.807) is 37.2 Å². The Labute approximate surface area is 363 Å². The Bertz CT molecular complexity index is 2360. The number of piperazine rings is 1. The van der Waals surface area contributed by atoms with Gasteiger partial charge in [0.15, 0.2) is 0 Å². The van der Waals surface area contributed by atoms with Crippen molar-refractivity contribution in [3.8, 4) is 5.75 Å². The number of fused-ring (bicyclic) bond motifs is 1. The van der Waals surface area contributed by atoms with Crippen molar-refractivity contribution in [3.63, 3.8) is 0 Å². The number of benzene rings is 2. The van der Waals surface area contributed by atoms with Crippen molar-refractivity contribution in [1.29, 1.82) is 0 Å². The molecule has 4 aliphatic rings. The van der Waals surface area contributed by atoms with Crippen molar-refractivity contribution in [3.05, 3.63) is 95.9 Å². The highest BCUT2D eigenvalue weighted by atomic mass is 16.5. The van der Waals surface area contributed by atoms with Crippen molar-refractivity contribution >= 4 is 52.0 Å². The first-order valence-corrected chi connectivity index (χ1v) is 22.1. The van der Waals surface area contributed by atoms with Crippen molar-refractivity contribution < 1.29 is 19.1 Å². The predicted octanol–water partition coefficient (Wildman–Crippen LogP) is 6.54. The van der Waals surface area contributed by atoms with Gasteiger partial charge in [-0.15, -0.1) is 0 Å². The second kappa shape index (κ2) is 18.1. The molecule has 9 rings (SSSR count). The SMILES string of the molecule is COc1ccc(CN2C(=O)CCN(c3ccc(CN4CCC(N5CCN(c6ccc(Nc7ncc8cc(C(=O)N(C)C)n(C9CCCC9)c8n7)nc6)CC5)CC4)cc3)C2=O)cc1. The van der Waals surface area contributed by atoms with E-state index < -0.39 is 0 Å². The van der Waals surface area contributed by atoms with Crippen LogP contribution in [0.25, 0.3) is 11.0 Å². The van der Waals surface area contributed by atoms with Gasteiger partial charge in [0.1, 0.15) is 22.9 Å². The van der Waals surface area contributed by atoms with Crippen LogP contribution in [0.5, 0.6) is 5.75 Å². The Morgan fingerprint density at radius 1 is 0.774 bits per heavy atom. The quantitative estimate of drug-likeness (QED) is 0.147. The summed E-state index contributed by atoms with van der Waals surface area (Å²) in [6.45, 7) is 7.57. The van der Waals surface area contributed by atoms with Crippen LogP contribution < -0.4 is 19.9 Å². The molecule has 1 aliphatic carbocycles. The molecule has 0 radical (unpaired) electrons. The summed E-state index contributed by atoms with van der Waals surface area (Å²) in [6.07, 6.45) is 10.7. The molecular formula is C47H57N11O4. The Balaban J connectivity index is 0.736.